The number of hydrogen-bond donors (Lipinski definition) is 2. The summed E-state index contributed by atoms with van der Waals surface area (Å²) >= 11 is 1.34. The van der Waals surface area contributed by atoms with Crippen molar-refractivity contribution in [1.82, 2.24) is 10.3 Å². The number of nitrogens with zero attached hydrogens (tertiary/aromatic N) is 1. The molecule has 3 aromatic rings. The third-order valence-corrected chi connectivity index (χ3v) is 4.31. The van der Waals surface area contributed by atoms with Crippen molar-refractivity contribution in [3.8, 4) is 16.3 Å². The molecule has 0 fully saturated rings. The van der Waals surface area contributed by atoms with Crippen LogP contribution in [0.5, 0.6) is 5.75 Å². The van der Waals surface area contributed by atoms with E-state index in [0.717, 1.165) is 16.3 Å². The van der Waals surface area contributed by atoms with E-state index in [1.807, 2.05) is 54.6 Å². The molecule has 1 heterocycles. The number of thiazole rings is 1. The molecular weight excluding hydrogens is 322 g/mol. The average Bonchev–Trinajstić information content (AvgIpc) is 3.10. The summed E-state index contributed by atoms with van der Waals surface area (Å²) in [6.07, 6.45) is 1.58. The second-order valence-corrected chi connectivity index (χ2v) is 6.10. The smallest absolute Gasteiger partial charge is 0.263 e. The minimum Gasteiger partial charge on any atom is -0.492 e. The summed E-state index contributed by atoms with van der Waals surface area (Å²) in [5, 5.41) is 3.60. The van der Waals surface area contributed by atoms with Crippen LogP contribution in [-0.4, -0.2) is 24.0 Å². The molecule has 3 rings (SSSR count). The lowest BCUT2D eigenvalue weighted by Crippen LogP contribution is -2.27. The number of benzene rings is 2. The van der Waals surface area contributed by atoms with Crippen LogP contribution in [0.25, 0.3) is 10.6 Å². The number of carbonyl (C=O) groups is 1. The number of nitrogen functional groups attached to an aromatic ring is 1. The van der Waals surface area contributed by atoms with E-state index < -0.39 is 0 Å². The first-order valence-electron chi connectivity index (χ1n) is 7.50. The number of ether oxygens (including phenoxy) is 1. The molecule has 0 radical (unpaired) electrons. The fraction of sp³-hybridized carbons (Fsp3) is 0.111. The SMILES string of the molecule is Nc1cccc(-c2ncc(C(=O)NCCOc3ccccc3)s2)c1. The second-order valence-electron chi connectivity index (χ2n) is 5.07. The van der Waals surface area contributed by atoms with Crippen molar-refractivity contribution < 1.29 is 9.53 Å². The van der Waals surface area contributed by atoms with Gasteiger partial charge in [0.05, 0.1) is 12.7 Å². The predicted octanol–water partition coefficient (Wildman–Crippen LogP) is 3.20. The van der Waals surface area contributed by atoms with Gasteiger partial charge in [-0.3, -0.25) is 4.79 Å². The van der Waals surface area contributed by atoms with Crippen LogP contribution in [0.1, 0.15) is 9.67 Å². The van der Waals surface area contributed by atoms with E-state index in [9.17, 15) is 4.79 Å². The maximum Gasteiger partial charge on any atom is 0.263 e. The van der Waals surface area contributed by atoms with Crippen molar-refractivity contribution in [2.45, 2.75) is 0 Å². The summed E-state index contributed by atoms with van der Waals surface area (Å²) in [6.45, 7) is 0.843. The van der Waals surface area contributed by atoms with Gasteiger partial charge < -0.3 is 15.8 Å². The first-order valence-corrected chi connectivity index (χ1v) is 8.32. The highest BCUT2D eigenvalue weighted by molar-refractivity contribution is 7.16. The van der Waals surface area contributed by atoms with Crippen LogP contribution >= 0.6 is 11.3 Å². The van der Waals surface area contributed by atoms with Crippen LogP contribution in [0.15, 0.2) is 60.8 Å². The maximum absolute atomic E-state index is 12.1. The zero-order valence-corrected chi connectivity index (χ0v) is 13.8. The van der Waals surface area contributed by atoms with Crippen LogP contribution in [0.3, 0.4) is 0 Å². The monoisotopic (exact) mass is 339 g/mol. The summed E-state index contributed by atoms with van der Waals surface area (Å²) in [4.78, 5) is 17.0. The second kappa shape index (κ2) is 7.61. The molecule has 0 unspecified atom stereocenters. The molecule has 1 aromatic heterocycles. The number of amides is 1. The van der Waals surface area contributed by atoms with Gasteiger partial charge in [-0.05, 0) is 24.3 Å². The van der Waals surface area contributed by atoms with Crippen LogP contribution in [-0.2, 0) is 0 Å². The van der Waals surface area contributed by atoms with E-state index in [2.05, 4.69) is 10.3 Å². The number of hydrogen-bond acceptors (Lipinski definition) is 5. The molecule has 122 valence electrons. The fourth-order valence-electron chi connectivity index (χ4n) is 2.12. The number of nitrogens with two attached hydrogens (primary N) is 1. The first-order chi connectivity index (χ1) is 11.7. The normalized spacial score (nSPS) is 10.3. The quantitative estimate of drug-likeness (QED) is 0.534. The van der Waals surface area contributed by atoms with Crippen LogP contribution in [0.2, 0.25) is 0 Å². The van der Waals surface area contributed by atoms with Gasteiger partial charge in [-0.25, -0.2) is 4.98 Å². The highest BCUT2D eigenvalue weighted by Gasteiger charge is 2.11. The molecule has 6 heteroatoms. The molecular formula is C18H17N3O2S. The van der Waals surface area contributed by atoms with Crippen molar-refractivity contribution in [3.05, 3.63) is 65.7 Å². The van der Waals surface area contributed by atoms with Gasteiger partial charge in [-0.15, -0.1) is 11.3 Å². The summed E-state index contributed by atoms with van der Waals surface area (Å²) in [7, 11) is 0. The molecule has 0 aliphatic rings. The summed E-state index contributed by atoms with van der Waals surface area (Å²) in [5.74, 6) is 0.632. The van der Waals surface area contributed by atoms with Gasteiger partial charge in [-0.1, -0.05) is 30.3 Å². The molecule has 0 aliphatic heterocycles. The van der Waals surface area contributed by atoms with E-state index in [1.165, 1.54) is 11.3 Å². The van der Waals surface area contributed by atoms with Crippen molar-refractivity contribution in [2.75, 3.05) is 18.9 Å². The van der Waals surface area contributed by atoms with Crippen LogP contribution < -0.4 is 15.8 Å². The molecule has 0 saturated heterocycles. The van der Waals surface area contributed by atoms with Crippen molar-refractivity contribution in [1.29, 1.82) is 0 Å². The Labute approximate surface area is 144 Å². The Kier molecular flexibility index (Phi) is 5.08. The lowest BCUT2D eigenvalue weighted by atomic mass is 10.2. The predicted molar refractivity (Wildman–Crippen MR) is 96.2 cm³/mol. The van der Waals surface area contributed by atoms with Crippen molar-refractivity contribution in [2.24, 2.45) is 0 Å². The van der Waals surface area contributed by atoms with Gasteiger partial charge in [-0.2, -0.15) is 0 Å². The first kappa shape index (κ1) is 16.0. The fourth-order valence-corrected chi connectivity index (χ4v) is 2.95. The van der Waals surface area contributed by atoms with Gasteiger partial charge in [0.25, 0.3) is 5.91 Å². The third-order valence-electron chi connectivity index (χ3n) is 3.26. The zero-order chi connectivity index (χ0) is 16.8. The number of para-hydroxylation sites is 1. The Bertz CT molecular complexity index is 818. The summed E-state index contributed by atoms with van der Waals surface area (Å²) < 4.78 is 5.54. The molecule has 3 N–H and O–H groups in total. The van der Waals surface area contributed by atoms with E-state index >= 15 is 0 Å². The molecule has 0 bridgehead atoms. The highest BCUT2D eigenvalue weighted by atomic mass is 32.1. The van der Waals surface area contributed by atoms with Gasteiger partial charge in [0.15, 0.2) is 0 Å². The minimum absolute atomic E-state index is 0.153. The van der Waals surface area contributed by atoms with E-state index in [4.69, 9.17) is 10.5 Å². The van der Waals surface area contributed by atoms with Crippen molar-refractivity contribution in [3.63, 3.8) is 0 Å². The standard InChI is InChI=1S/C18H17N3O2S/c19-14-6-4-5-13(11-14)18-21-12-16(24-18)17(22)20-9-10-23-15-7-2-1-3-8-15/h1-8,11-12H,9-10,19H2,(H,20,22). The average molecular weight is 339 g/mol. The Morgan fingerprint density at radius 3 is 2.79 bits per heavy atom. The number of carbonyl (C=O) groups excluding carboxylic acids is 1. The maximum atomic E-state index is 12.1. The number of anilines is 1. The Hall–Kier alpha value is -2.86. The molecule has 0 aliphatic carbocycles. The van der Waals surface area contributed by atoms with E-state index in [0.29, 0.717) is 23.7 Å². The molecule has 1 amide bonds. The van der Waals surface area contributed by atoms with Crippen LogP contribution in [0.4, 0.5) is 5.69 Å². The van der Waals surface area contributed by atoms with E-state index in [-0.39, 0.29) is 5.91 Å². The molecule has 0 spiro atoms. The van der Waals surface area contributed by atoms with Gasteiger partial charge in [0.2, 0.25) is 0 Å². The number of rotatable bonds is 6. The zero-order valence-electron chi connectivity index (χ0n) is 12.9. The lowest BCUT2D eigenvalue weighted by molar-refractivity contribution is 0.0951. The Morgan fingerprint density at radius 2 is 2.00 bits per heavy atom. The Balaban J connectivity index is 1.52. The number of nitrogens with one attached hydrogen (secondary N) is 1. The molecule has 5 nitrogen and oxygen atoms in total. The minimum atomic E-state index is -0.153. The largest absolute Gasteiger partial charge is 0.492 e. The van der Waals surface area contributed by atoms with Gasteiger partial charge in [0, 0.05) is 11.3 Å². The van der Waals surface area contributed by atoms with E-state index in [1.54, 1.807) is 6.20 Å². The summed E-state index contributed by atoms with van der Waals surface area (Å²) in [6, 6.07) is 16.9. The third kappa shape index (κ3) is 4.11. The highest BCUT2D eigenvalue weighted by Crippen LogP contribution is 2.26. The summed E-state index contributed by atoms with van der Waals surface area (Å²) in [5.41, 5.74) is 7.36. The van der Waals surface area contributed by atoms with Crippen LogP contribution in [0, 0.1) is 0 Å². The molecule has 0 atom stereocenters. The van der Waals surface area contributed by atoms with Gasteiger partial charge >= 0.3 is 0 Å². The topological polar surface area (TPSA) is 77.2 Å². The molecule has 0 saturated carbocycles. The Morgan fingerprint density at radius 1 is 1.17 bits per heavy atom. The molecule has 24 heavy (non-hydrogen) atoms. The van der Waals surface area contributed by atoms with Crippen molar-refractivity contribution >= 4 is 22.9 Å². The van der Waals surface area contributed by atoms with Gasteiger partial charge in [0.1, 0.15) is 22.2 Å². The lowest BCUT2D eigenvalue weighted by Gasteiger charge is -2.06. The molecule has 2 aromatic carbocycles. The number of aromatic nitrogens is 1.